The first kappa shape index (κ1) is 14.8. The lowest BCUT2D eigenvalue weighted by molar-refractivity contribution is 0.0692. The minimum Gasteiger partial charge on any atom is -0.478 e. The van der Waals surface area contributed by atoms with E-state index in [1.165, 1.54) is 12.1 Å². The number of nitrogens with one attached hydrogen (secondary N) is 1. The molecule has 1 fully saturated rings. The highest BCUT2D eigenvalue weighted by Crippen LogP contribution is 2.48. The average molecular weight is 298 g/mol. The molecule has 1 aromatic carbocycles. The molecule has 4 N–H and O–H groups in total. The van der Waals surface area contributed by atoms with E-state index in [4.69, 9.17) is 10.8 Å². The summed E-state index contributed by atoms with van der Waals surface area (Å²) in [6, 6.07) is 3.77. The molecule has 0 saturated heterocycles. The molecule has 110 valence electrons. The summed E-state index contributed by atoms with van der Waals surface area (Å²) in [6.45, 7) is 2.36. The SMILES string of the molecule is CCC1(CNS(=O)(=O)c2ccc(N)cc2C(=O)O)CC1. The van der Waals surface area contributed by atoms with Crippen LogP contribution in [0.4, 0.5) is 5.69 Å². The Morgan fingerprint density at radius 2 is 2.10 bits per heavy atom. The Morgan fingerprint density at radius 3 is 2.60 bits per heavy atom. The second-order valence-corrected chi connectivity index (χ2v) is 6.97. The second-order valence-electron chi connectivity index (χ2n) is 5.24. The topological polar surface area (TPSA) is 109 Å². The Hall–Kier alpha value is -1.60. The molecule has 2 rings (SSSR count). The van der Waals surface area contributed by atoms with E-state index in [-0.39, 0.29) is 21.6 Å². The van der Waals surface area contributed by atoms with E-state index in [0.717, 1.165) is 25.3 Å². The van der Waals surface area contributed by atoms with Crippen molar-refractivity contribution >= 4 is 21.7 Å². The smallest absolute Gasteiger partial charge is 0.337 e. The molecule has 0 unspecified atom stereocenters. The van der Waals surface area contributed by atoms with Crippen molar-refractivity contribution in [3.63, 3.8) is 0 Å². The Bertz CT molecular complexity index is 636. The molecule has 7 heteroatoms. The number of hydrogen-bond acceptors (Lipinski definition) is 4. The number of carbonyl (C=O) groups is 1. The zero-order valence-corrected chi connectivity index (χ0v) is 12.0. The van der Waals surface area contributed by atoms with Crippen LogP contribution in [0, 0.1) is 5.41 Å². The van der Waals surface area contributed by atoms with Gasteiger partial charge in [-0.15, -0.1) is 0 Å². The van der Waals surface area contributed by atoms with Crippen molar-refractivity contribution in [2.24, 2.45) is 5.41 Å². The fourth-order valence-corrected chi connectivity index (χ4v) is 3.44. The molecule has 0 atom stereocenters. The van der Waals surface area contributed by atoms with Crippen LogP contribution in [0.5, 0.6) is 0 Å². The highest BCUT2D eigenvalue weighted by molar-refractivity contribution is 7.89. The third-order valence-electron chi connectivity index (χ3n) is 3.87. The summed E-state index contributed by atoms with van der Waals surface area (Å²) < 4.78 is 27.0. The zero-order chi connectivity index (χ0) is 15.0. The van der Waals surface area contributed by atoms with E-state index in [0.29, 0.717) is 6.54 Å². The minimum absolute atomic E-state index is 0.0459. The summed E-state index contributed by atoms with van der Waals surface area (Å²) in [6.07, 6.45) is 2.90. The molecule has 0 amide bonds. The van der Waals surface area contributed by atoms with Crippen molar-refractivity contribution in [2.45, 2.75) is 31.1 Å². The highest BCUT2D eigenvalue weighted by Gasteiger charge is 2.41. The molecule has 20 heavy (non-hydrogen) atoms. The lowest BCUT2D eigenvalue weighted by Crippen LogP contribution is -2.31. The second kappa shape index (κ2) is 5.06. The van der Waals surface area contributed by atoms with Crippen LogP contribution < -0.4 is 10.5 Å². The van der Waals surface area contributed by atoms with Crippen LogP contribution in [0.25, 0.3) is 0 Å². The van der Waals surface area contributed by atoms with Crippen molar-refractivity contribution < 1.29 is 18.3 Å². The number of nitrogens with two attached hydrogens (primary N) is 1. The lowest BCUT2D eigenvalue weighted by atomic mass is 10.1. The van der Waals surface area contributed by atoms with Crippen LogP contribution in [-0.4, -0.2) is 26.0 Å². The van der Waals surface area contributed by atoms with Crippen LogP contribution in [0.2, 0.25) is 0 Å². The summed E-state index contributed by atoms with van der Waals surface area (Å²) >= 11 is 0. The van der Waals surface area contributed by atoms with Crippen molar-refractivity contribution in [3.8, 4) is 0 Å². The number of anilines is 1. The maximum atomic E-state index is 12.2. The van der Waals surface area contributed by atoms with E-state index in [9.17, 15) is 13.2 Å². The number of benzene rings is 1. The normalized spacial score (nSPS) is 16.9. The quantitative estimate of drug-likeness (QED) is 0.688. The van der Waals surface area contributed by atoms with Crippen molar-refractivity contribution in [3.05, 3.63) is 23.8 Å². The molecular formula is C13H18N2O4S. The Labute approximate surface area is 118 Å². The van der Waals surface area contributed by atoms with Gasteiger partial charge in [-0.25, -0.2) is 17.9 Å². The van der Waals surface area contributed by atoms with Gasteiger partial charge in [-0.3, -0.25) is 0 Å². The number of rotatable bonds is 6. The van der Waals surface area contributed by atoms with E-state index < -0.39 is 16.0 Å². The summed E-state index contributed by atoms with van der Waals surface area (Å²) in [7, 11) is -3.84. The first-order chi connectivity index (χ1) is 9.30. The van der Waals surface area contributed by atoms with Gasteiger partial charge in [-0.1, -0.05) is 6.92 Å². The molecule has 6 nitrogen and oxygen atoms in total. The molecule has 1 aliphatic carbocycles. The molecule has 1 saturated carbocycles. The molecule has 0 heterocycles. The van der Waals surface area contributed by atoms with Gasteiger partial charge >= 0.3 is 5.97 Å². The van der Waals surface area contributed by atoms with Gasteiger partial charge in [0.25, 0.3) is 0 Å². The average Bonchev–Trinajstić information content (AvgIpc) is 3.17. The number of sulfonamides is 1. The first-order valence-corrected chi connectivity index (χ1v) is 7.90. The Balaban J connectivity index is 2.27. The zero-order valence-electron chi connectivity index (χ0n) is 11.2. The highest BCUT2D eigenvalue weighted by atomic mass is 32.2. The van der Waals surface area contributed by atoms with Gasteiger partial charge in [0.2, 0.25) is 10.0 Å². The van der Waals surface area contributed by atoms with Crippen LogP contribution >= 0.6 is 0 Å². The summed E-state index contributed by atoms with van der Waals surface area (Å²) in [5.74, 6) is -1.31. The van der Waals surface area contributed by atoms with Gasteiger partial charge < -0.3 is 10.8 Å². The van der Waals surface area contributed by atoms with Gasteiger partial charge in [-0.05, 0) is 42.9 Å². The van der Waals surface area contributed by atoms with E-state index in [1.54, 1.807) is 0 Å². The maximum absolute atomic E-state index is 12.2. The van der Waals surface area contributed by atoms with Crippen LogP contribution in [0.1, 0.15) is 36.5 Å². The first-order valence-electron chi connectivity index (χ1n) is 6.42. The largest absolute Gasteiger partial charge is 0.478 e. The van der Waals surface area contributed by atoms with Gasteiger partial charge in [-0.2, -0.15) is 0 Å². The molecule has 0 aliphatic heterocycles. The molecule has 0 radical (unpaired) electrons. The Kier molecular flexibility index (Phi) is 3.75. The number of hydrogen-bond donors (Lipinski definition) is 3. The number of carboxylic acid groups (broad SMARTS) is 1. The van der Waals surface area contributed by atoms with Gasteiger partial charge in [0.15, 0.2) is 0 Å². The minimum atomic E-state index is -3.84. The van der Waals surface area contributed by atoms with Gasteiger partial charge in [0, 0.05) is 12.2 Å². The molecule has 1 aromatic rings. The fourth-order valence-electron chi connectivity index (χ4n) is 2.11. The van der Waals surface area contributed by atoms with Crippen LogP contribution in [0.15, 0.2) is 23.1 Å². The molecule has 0 spiro atoms. The third-order valence-corrected chi connectivity index (χ3v) is 5.33. The number of aromatic carboxylic acids is 1. The van der Waals surface area contributed by atoms with Crippen molar-refractivity contribution in [2.75, 3.05) is 12.3 Å². The molecule has 0 bridgehead atoms. The maximum Gasteiger partial charge on any atom is 0.337 e. The Morgan fingerprint density at radius 1 is 1.45 bits per heavy atom. The van der Waals surface area contributed by atoms with E-state index in [2.05, 4.69) is 4.72 Å². The van der Waals surface area contributed by atoms with Crippen LogP contribution in [0.3, 0.4) is 0 Å². The molecular weight excluding hydrogens is 280 g/mol. The van der Waals surface area contributed by atoms with Crippen molar-refractivity contribution in [1.29, 1.82) is 0 Å². The summed E-state index contributed by atoms with van der Waals surface area (Å²) in [4.78, 5) is 10.9. The van der Waals surface area contributed by atoms with Crippen LogP contribution in [-0.2, 0) is 10.0 Å². The standard InChI is InChI=1S/C13H18N2O4S/c1-2-13(5-6-13)8-15-20(18,19)11-4-3-9(14)7-10(11)12(16)17/h3-4,7,15H,2,5-6,8,14H2,1H3,(H,16,17). The summed E-state index contributed by atoms with van der Waals surface area (Å²) in [5, 5.41) is 9.09. The predicted octanol–water partition coefficient (Wildman–Crippen LogP) is 1.44. The molecule has 1 aliphatic rings. The molecule has 0 aromatic heterocycles. The van der Waals surface area contributed by atoms with Crippen molar-refractivity contribution in [1.82, 2.24) is 4.72 Å². The summed E-state index contributed by atoms with van der Waals surface area (Å²) in [5.41, 5.74) is 5.46. The monoisotopic (exact) mass is 298 g/mol. The third kappa shape index (κ3) is 2.94. The number of carboxylic acids is 1. The predicted molar refractivity (Wildman–Crippen MR) is 75.0 cm³/mol. The fraction of sp³-hybridized carbons (Fsp3) is 0.462. The van der Waals surface area contributed by atoms with E-state index in [1.807, 2.05) is 6.92 Å². The van der Waals surface area contributed by atoms with Gasteiger partial charge in [0.1, 0.15) is 0 Å². The number of nitrogen functional groups attached to an aromatic ring is 1. The van der Waals surface area contributed by atoms with Gasteiger partial charge in [0.05, 0.1) is 10.5 Å². The van der Waals surface area contributed by atoms with E-state index >= 15 is 0 Å². The lowest BCUT2D eigenvalue weighted by Gasteiger charge is -2.15.